The van der Waals surface area contributed by atoms with Crippen LogP contribution in [0.1, 0.15) is 63.4 Å². The monoisotopic (exact) mass is 406 g/mol. The van der Waals surface area contributed by atoms with E-state index in [-0.39, 0.29) is 23.8 Å². The van der Waals surface area contributed by atoms with Crippen molar-refractivity contribution in [1.29, 1.82) is 0 Å². The molecule has 0 saturated heterocycles. The molecule has 1 aliphatic carbocycles. The number of aliphatic carboxylic acids is 1. The number of unbranched alkanes of at least 4 members (excludes halogenated alkanes) is 3. The minimum absolute atomic E-state index is 0.0313. The maximum Gasteiger partial charge on any atom is 0.303 e. The Kier molecular flexibility index (Phi) is 9.59. The van der Waals surface area contributed by atoms with E-state index < -0.39 is 30.1 Å². The fourth-order valence-corrected chi connectivity index (χ4v) is 4.14. The van der Waals surface area contributed by atoms with Crippen molar-refractivity contribution in [2.24, 2.45) is 11.8 Å². The molecule has 1 aromatic rings. The van der Waals surface area contributed by atoms with E-state index >= 15 is 0 Å². The maximum atomic E-state index is 13.6. The van der Waals surface area contributed by atoms with E-state index in [9.17, 15) is 24.5 Å². The Hall–Kier alpha value is -1.94. The van der Waals surface area contributed by atoms with Crippen LogP contribution in [0.25, 0.3) is 0 Å². The van der Waals surface area contributed by atoms with Gasteiger partial charge < -0.3 is 20.4 Å². The Labute approximate surface area is 171 Å². The summed E-state index contributed by atoms with van der Waals surface area (Å²) in [5, 5.41) is 39.4. The average Bonchev–Trinajstić information content (AvgIpc) is 2.94. The second-order valence-corrected chi connectivity index (χ2v) is 7.89. The first-order chi connectivity index (χ1) is 13.9. The molecule has 1 aliphatic rings. The number of benzene rings is 1. The van der Waals surface area contributed by atoms with Gasteiger partial charge in [-0.1, -0.05) is 43.2 Å². The molecule has 1 saturated carbocycles. The van der Waals surface area contributed by atoms with Gasteiger partial charge in [-0.05, 0) is 56.1 Å². The molecule has 5 nitrogen and oxygen atoms in total. The van der Waals surface area contributed by atoms with Crippen molar-refractivity contribution in [2.75, 3.05) is 0 Å². The molecule has 5 atom stereocenters. The minimum atomic E-state index is -0.920. The van der Waals surface area contributed by atoms with E-state index in [1.807, 2.05) is 0 Å². The summed E-state index contributed by atoms with van der Waals surface area (Å²) < 4.78 is 13.6. The van der Waals surface area contributed by atoms with Gasteiger partial charge >= 0.3 is 5.97 Å². The number of rotatable bonds is 10. The number of hydrogen-bond acceptors (Lipinski definition) is 4. The van der Waals surface area contributed by atoms with Crippen LogP contribution in [0.5, 0.6) is 0 Å². The number of carboxylic acids is 1. The highest BCUT2D eigenvalue weighted by Gasteiger charge is 2.40. The maximum absolute atomic E-state index is 13.6. The lowest BCUT2D eigenvalue weighted by Crippen LogP contribution is -2.23. The molecule has 0 aliphatic heterocycles. The molecule has 4 N–H and O–H groups in total. The molecular weight excluding hydrogens is 375 g/mol. The Morgan fingerprint density at radius 1 is 1.07 bits per heavy atom. The van der Waals surface area contributed by atoms with Crippen molar-refractivity contribution >= 4 is 5.97 Å². The molecule has 29 heavy (non-hydrogen) atoms. The van der Waals surface area contributed by atoms with Crippen LogP contribution < -0.4 is 0 Å². The predicted octanol–water partition coefficient (Wildman–Crippen LogP) is 3.10. The fraction of sp³-hybridized carbons (Fsp3) is 0.609. The molecule has 0 bridgehead atoms. The summed E-state index contributed by atoms with van der Waals surface area (Å²) >= 11 is 0. The summed E-state index contributed by atoms with van der Waals surface area (Å²) in [4.78, 5) is 10.5. The third kappa shape index (κ3) is 7.77. The van der Waals surface area contributed by atoms with E-state index in [1.54, 1.807) is 18.2 Å². The Morgan fingerprint density at radius 2 is 1.72 bits per heavy atom. The van der Waals surface area contributed by atoms with Gasteiger partial charge in [-0.3, -0.25) is 4.79 Å². The van der Waals surface area contributed by atoms with Gasteiger partial charge in [0, 0.05) is 6.42 Å². The largest absolute Gasteiger partial charge is 0.481 e. The lowest BCUT2D eigenvalue weighted by atomic mass is 9.85. The zero-order chi connectivity index (χ0) is 21.2. The third-order valence-corrected chi connectivity index (χ3v) is 5.72. The minimum Gasteiger partial charge on any atom is -0.481 e. The molecule has 1 aromatic carbocycles. The number of aliphatic hydroxyl groups is 3. The van der Waals surface area contributed by atoms with E-state index in [0.29, 0.717) is 25.7 Å². The number of carboxylic acid groups (broad SMARTS) is 1. The summed E-state index contributed by atoms with van der Waals surface area (Å²) in [6, 6.07) is 6.13. The van der Waals surface area contributed by atoms with Crippen molar-refractivity contribution in [3.8, 4) is 11.8 Å². The summed E-state index contributed by atoms with van der Waals surface area (Å²) in [5.74, 6) is 3.96. The zero-order valence-corrected chi connectivity index (χ0v) is 16.6. The van der Waals surface area contributed by atoms with Crippen LogP contribution in [0, 0.1) is 29.5 Å². The van der Waals surface area contributed by atoms with Crippen LogP contribution in [0.15, 0.2) is 24.3 Å². The van der Waals surface area contributed by atoms with Crippen molar-refractivity contribution in [1.82, 2.24) is 0 Å². The molecule has 2 unspecified atom stereocenters. The molecule has 0 amide bonds. The van der Waals surface area contributed by atoms with Crippen LogP contribution in [0.2, 0.25) is 0 Å². The molecule has 0 aromatic heterocycles. The smallest absolute Gasteiger partial charge is 0.303 e. The number of halogens is 1. The first kappa shape index (κ1) is 23.3. The number of carbonyl (C=O) groups is 1. The van der Waals surface area contributed by atoms with Gasteiger partial charge in [0.25, 0.3) is 0 Å². The van der Waals surface area contributed by atoms with E-state index in [1.165, 1.54) is 6.07 Å². The second kappa shape index (κ2) is 11.9. The number of hydrogen-bond donors (Lipinski definition) is 4. The third-order valence-electron chi connectivity index (χ3n) is 5.72. The fourth-order valence-electron chi connectivity index (χ4n) is 4.14. The van der Waals surface area contributed by atoms with Gasteiger partial charge in [0.15, 0.2) is 0 Å². The zero-order valence-electron chi connectivity index (χ0n) is 16.6. The first-order valence-corrected chi connectivity index (χ1v) is 10.4. The van der Waals surface area contributed by atoms with Gasteiger partial charge in [-0.15, -0.1) is 0 Å². The predicted molar refractivity (Wildman–Crippen MR) is 107 cm³/mol. The highest BCUT2D eigenvalue weighted by molar-refractivity contribution is 5.66. The Balaban J connectivity index is 1.79. The van der Waals surface area contributed by atoms with Crippen LogP contribution in [0.3, 0.4) is 0 Å². The van der Waals surface area contributed by atoms with Gasteiger partial charge in [0.1, 0.15) is 11.9 Å². The molecule has 1 fully saturated rings. The molecule has 0 heterocycles. The van der Waals surface area contributed by atoms with Crippen LogP contribution in [0.4, 0.5) is 4.39 Å². The summed E-state index contributed by atoms with van der Waals surface area (Å²) in [6.07, 6.45) is 3.36. The van der Waals surface area contributed by atoms with Crippen molar-refractivity contribution in [2.45, 2.75) is 76.1 Å². The van der Waals surface area contributed by atoms with Gasteiger partial charge in [0.2, 0.25) is 0 Å². The van der Waals surface area contributed by atoms with Crippen molar-refractivity contribution in [3.63, 3.8) is 0 Å². The number of aliphatic hydroxyl groups excluding tert-OH is 3. The summed E-state index contributed by atoms with van der Waals surface area (Å²) in [5.41, 5.74) is 0.239. The molecule has 160 valence electrons. The van der Waals surface area contributed by atoms with Gasteiger partial charge in [-0.25, -0.2) is 4.39 Å². The normalized spacial score (nSPS) is 24.7. The standard InChI is InChI=1S/C23H31FO5/c24-20-9-6-5-7-16(20)11-12-17(25)13-14-19-18(21(26)15-22(19)27)8-3-1-2-4-10-23(28)29/h5-7,9,17-19,21-22,25-27H,1-4,8,10,13-15H2,(H,28,29)/t17-,18?,19?,21-,22+/m0/s1. The first-order valence-electron chi connectivity index (χ1n) is 10.4. The summed E-state index contributed by atoms with van der Waals surface area (Å²) in [7, 11) is 0. The Morgan fingerprint density at radius 3 is 2.41 bits per heavy atom. The molecule has 0 spiro atoms. The average molecular weight is 406 g/mol. The Bertz CT molecular complexity index is 711. The van der Waals surface area contributed by atoms with E-state index in [0.717, 1.165) is 25.7 Å². The van der Waals surface area contributed by atoms with Gasteiger partial charge in [-0.2, -0.15) is 0 Å². The van der Waals surface area contributed by atoms with E-state index in [4.69, 9.17) is 5.11 Å². The van der Waals surface area contributed by atoms with Crippen molar-refractivity contribution < 1.29 is 29.6 Å². The quantitative estimate of drug-likeness (QED) is 0.354. The van der Waals surface area contributed by atoms with Crippen LogP contribution in [-0.2, 0) is 4.79 Å². The van der Waals surface area contributed by atoms with Crippen LogP contribution >= 0.6 is 0 Å². The molecular formula is C23H31FO5. The topological polar surface area (TPSA) is 98.0 Å². The summed E-state index contributed by atoms with van der Waals surface area (Å²) in [6.45, 7) is 0. The molecule has 2 rings (SSSR count). The highest BCUT2D eigenvalue weighted by Crippen LogP contribution is 2.39. The molecule has 0 radical (unpaired) electrons. The lowest BCUT2D eigenvalue weighted by Gasteiger charge is -2.24. The van der Waals surface area contributed by atoms with Crippen LogP contribution in [-0.4, -0.2) is 44.7 Å². The van der Waals surface area contributed by atoms with E-state index in [2.05, 4.69) is 11.8 Å². The van der Waals surface area contributed by atoms with Gasteiger partial charge in [0.05, 0.1) is 17.8 Å². The SMILES string of the molecule is O=C(O)CCCCCCC1C(CC[C@@H](O)C#Cc2ccccc2F)[C@H](O)C[C@@H]1O. The highest BCUT2D eigenvalue weighted by atomic mass is 19.1. The lowest BCUT2D eigenvalue weighted by molar-refractivity contribution is -0.137. The molecule has 6 heteroatoms. The second-order valence-electron chi connectivity index (χ2n) is 7.89. The van der Waals surface area contributed by atoms with Crippen molar-refractivity contribution in [3.05, 3.63) is 35.6 Å².